The zero-order chi connectivity index (χ0) is 18.2. The Labute approximate surface area is 156 Å². The molecule has 0 bridgehead atoms. The van der Waals surface area contributed by atoms with Crippen molar-refractivity contribution in [2.45, 2.75) is 26.2 Å². The summed E-state index contributed by atoms with van der Waals surface area (Å²) in [6, 6.07) is 16.5. The summed E-state index contributed by atoms with van der Waals surface area (Å²) in [5.74, 6) is 1.79. The fourth-order valence-electron chi connectivity index (χ4n) is 3.80. The molecule has 0 fully saturated rings. The molecule has 0 aliphatic heterocycles. The smallest absolute Gasteiger partial charge is 0.257 e. The molecule has 27 heavy (non-hydrogen) atoms. The van der Waals surface area contributed by atoms with Gasteiger partial charge in [0.2, 0.25) is 0 Å². The minimum absolute atomic E-state index is 0.542. The van der Waals surface area contributed by atoms with Crippen molar-refractivity contribution < 1.29 is 4.52 Å². The van der Waals surface area contributed by atoms with Gasteiger partial charge in [0.15, 0.2) is 5.82 Å². The van der Waals surface area contributed by atoms with E-state index in [1.54, 1.807) is 0 Å². The predicted octanol–water partition coefficient (Wildman–Crippen LogP) is 3.58. The second kappa shape index (κ2) is 6.46. The van der Waals surface area contributed by atoms with Gasteiger partial charge in [-0.05, 0) is 67.5 Å². The van der Waals surface area contributed by atoms with Crippen LogP contribution in [0.4, 0.5) is 0 Å². The average Bonchev–Trinajstić information content (AvgIpc) is 3.41. The molecule has 0 saturated heterocycles. The number of rotatable bonds is 4. The Balaban J connectivity index is 1.31. The second-order valence-electron chi connectivity index (χ2n) is 7.10. The summed E-state index contributed by atoms with van der Waals surface area (Å²) in [5, 5.41) is 12.5. The number of fused-ring (bicyclic) bond motifs is 1. The Morgan fingerprint density at radius 3 is 2.74 bits per heavy atom. The third-order valence-electron chi connectivity index (χ3n) is 5.06. The van der Waals surface area contributed by atoms with Gasteiger partial charge >= 0.3 is 0 Å². The summed E-state index contributed by atoms with van der Waals surface area (Å²) in [6.45, 7) is 1.83. The maximum Gasteiger partial charge on any atom is 0.257 e. The molecule has 0 N–H and O–H groups in total. The number of aryl methyl sites for hydroxylation is 1. The Hall–Kier alpha value is -3.28. The first-order valence-electron chi connectivity index (χ1n) is 9.14. The Bertz CT molecular complexity index is 1080. The van der Waals surface area contributed by atoms with Crippen LogP contribution in [0, 0.1) is 12.8 Å². The van der Waals surface area contributed by atoms with E-state index in [4.69, 9.17) is 4.52 Å². The van der Waals surface area contributed by atoms with Crippen LogP contribution in [-0.2, 0) is 19.3 Å². The van der Waals surface area contributed by atoms with Crippen LogP contribution in [0.1, 0.15) is 22.6 Å². The number of nitrogens with zero attached hydrogens (tertiary/aromatic N) is 5. The summed E-state index contributed by atoms with van der Waals surface area (Å²) in [6.07, 6.45) is 5.06. The van der Waals surface area contributed by atoms with Gasteiger partial charge in [0, 0.05) is 5.56 Å². The van der Waals surface area contributed by atoms with Crippen molar-refractivity contribution in [3.8, 4) is 17.1 Å². The molecule has 4 aromatic rings. The minimum Gasteiger partial charge on any atom is -0.334 e. The highest BCUT2D eigenvalue weighted by atomic mass is 16.5. The van der Waals surface area contributed by atoms with Crippen molar-refractivity contribution in [3.63, 3.8) is 0 Å². The van der Waals surface area contributed by atoms with Crippen molar-refractivity contribution in [3.05, 3.63) is 77.4 Å². The fraction of sp³-hybridized carbons (Fsp3) is 0.238. The van der Waals surface area contributed by atoms with E-state index in [1.807, 2.05) is 48.1 Å². The lowest BCUT2D eigenvalue weighted by Crippen LogP contribution is -2.04. The second-order valence-corrected chi connectivity index (χ2v) is 7.10. The lowest BCUT2D eigenvalue weighted by atomic mass is 10.0. The molecule has 1 unspecified atom stereocenters. The lowest BCUT2D eigenvalue weighted by Gasteiger charge is -2.05. The van der Waals surface area contributed by atoms with E-state index in [1.165, 1.54) is 11.1 Å². The molecule has 0 radical (unpaired) electrons. The van der Waals surface area contributed by atoms with Crippen LogP contribution in [0.25, 0.3) is 17.1 Å². The molecule has 0 saturated carbocycles. The molecule has 2 aromatic carbocycles. The first-order chi connectivity index (χ1) is 13.2. The molecule has 6 heteroatoms. The zero-order valence-electron chi connectivity index (χ0n) is 15.0. The predicted molar refractivity (Wildman–Crippen MR) is 100 cm³/mol. The van der Waals surface area contributed by atoms with Crippen molar-refractivity contribution in [1.82, 2.24) is 25.1 Å². The van der Waals surface area contributed by atoms with E-state index in [2.05, 4.69) is 38.7 Å². The maximum absolute atomic E-state index is 5.30. The van der Waals surface area contributed by atoms with Crippen LogP contribution < -0.4 is 0 Å². The number of para-hydroxylation sites is 1. The summed E-state index contributed by atoms with van der Waals surface area (Å²) < 4.78 is 7.14. The molecule has 2 heterocycles. The first-order valence-corrected chi connectivity index (χ1v) is 9.14. The third kappa shape index (κ3) is 3.14. The monoisotopic (exact) mass is 357 g/mol. The van der Waals surface area contributed by atoms with Gasteiger partial charge in [-0.1, -0.05) is 34.6 Å². The van der Waals surface area contributed by atoms with Crippen LogP contribution in [-0.4, -0.2) is 25.1 Å². The Morgan fingerprint density at radius 2 is 1.93 bits per heavy atom. The lowest BCUT2D eigenvalue weighted by molar-refractivity contribution is 0.425. The molecule has 1 atom stereocenters. The van der Waals surface area contributed by atoms with Crippen LogP contribution in [0.3, 0.4) is 0 Å². The molecule has 0 amide bonds. The van der Waals surface area contributed by atoms with Crippen molar-refractivity contribution in [2.24, 2.45) is 5.92 Å². The van der Waals surface area contributed by atoms with Crippen LogP contribution in [0.5, 0.6) is 0 Å². The van der Waals surface area contributed by atoms with Crippen molar-refractivity contribution in [2.75, 3.05) is 0 Å². The molecule has 5 rings (SSSR count). The fourth-order valence-corrected chi connectivity index (χ4v) is 3.80. The minimum atomic E-state index is 0.542. The average molecular weight is 357 g/mol. The van der Waals surface area contributed by atoms with Gasteiger partial charge in [0.25, 0.3) is 5.89 Å². The van der Waals surface area contributed by atoms with Crippen molar-refractivity contribution in [1.29, 1.82) is 0 Å². The molecule has 134 valence electrons. The van der Waals surface area contributed by atoms with Gasteiger partial charge in [-0.25, -0.2) is 4.68 Å². The Morgan fingerprint density at radius 1 is 1.07 bits per heavy atom. The normalized spacial score (nSPS) is 15.8. The van der Waals surface area contributed by atoms with Gasteiger partial charge in [-0.15, -0.1) is 5.10 Å². The summed E-state index contributed by atoms with van der Waals surface area (Å²) in [4.78, 5) is 4.33. The van der Waals surface area contributed by atoms with Gasteiger partial charge < -0.3 is 4.52 Å². The standard InChI is InChI=1S/C21H19N5O/c1-14-22-21(27-24-14)17-8-7-16-9-15(10-18(16)12-17)11-19-13-26(25-23-19)20-5-3-2-4-6-20/h2-8,12-13,15H,9-11H2,1H3. The quantitative estimate of drug-likeness (QED) is 0.558. The van der Waals surface area contributed by atoms with Crippen LogP contribution >= 0.6 is 0 Å². The molecule has 2 aromatic heterocycles. The highest BCUT2D eigenvalue weighted by molar-refractivity contribution is 5.56. The molecule has 1 aliphatic rings. The van der Waals surface area contributed by atoms with Gasteiger partial charge in [0.05, 0.1) is 17.6 Å². The Kier molecular flexibility index (Phi) is 3.81. The molecule has 0 spiro atoms. The highest BCUT2D eigenvalue weighted by Crippen LogP contribution is 2.32. The van der Waals surface area contributed by atoms with Crippen LogP contribution in [0.2, 0.25) is 0 Å². The van der Waals surface area contributed by atoms with Crippen LogP contribution in [0.15, 0.2) is 59.3 Å². The summed E-state index contributed by atoms with van der Waals surface area (Å²) in [5.41, 5.74) is 5.82. The van der Waals surface area contributed by atoms with Crippen molar-refractivity contribution >= 4 is 0 Å². The first kappa shape index (κ1) is 15.9. The SMILES string of the molecule is Cc1noc(-c2ccc3c(c2)CC(Cc2cn(-c4ccccc4)nn2)C3)n1. The molecule has 1 aliphatic carbocycles. The topological polar surface area (TPSA) is 69.6 Å². The van der Waals surface area contributed by atoms with E-state index < -0.39 is 0 Å². The number of hydrogen-bond donors (Lipinski definition) is 0. The van der Waals surface area contributed by atoms with Gasteiger partial charge in [0.1, 0.15) is 0 Å². The van der Waals surface area contributed by atoms with E-state index in [0.717, 1.165) is 36.2 Å². The summed E-state index contributed by atoms with van der Waals surface area (Å²) >= 11 is 0. The molecular formula is C21H19N5O. The molecular weight excluding hydrogens is 338 g/mol. The number of hydrogen-bond acceptors (Lipinski definition) is 5. The zero-order valence-corrected chi connectivity index (χ0v) is 15.0. The van der Waals surface area contributed by atoms with Gasteiger partial charge in [-0.2, -0.15) is 4.98 Å². The van der Waals surface area contributed by atoms with E-state index >= 15 is 0 Å². The highest BCUT2D eigenvalue weighted by Gasteiger charge is 2.24. The maximum atomic E-state index is 5.30. The summed E-state index contributed by atoms with van der Waals surface area (Å²) in [7, 11) is 0. The van der Waals surface area contributed by atoms with E-state index in [-0.39, 0.29) is 0 Å². The number of benzene rings is 2. The number of aromatic nitrogens is 5. The molecule has 6 nitrogen and oxygen atoms in total. The van der Waals surface area contributed by atoms with E-state index in [0.29, 0.717) is 17.6 Å². The van der Waals surface area contributed by atoms with E-state index in [9.17, 15) is 0 Å². The largest absolute Gasteiger partial charge is 0.334 e. The third-order valence-corrected chi connectivity index (χ3v) is 5.06. The van der Waals surface area contributed by atoms with Gasteiger partial charge in [-0.3, -0.25) is 0 Å².